The quantitative estimate of drug-likeness (QED) is 0.387. The zero-order valence-electron chi connectivity index (χ0n) is 17.0. The van der Waals surface area contributed by atoms with Crippen molar-refractivity contribution in [3.63, 3.8) is 0 Å². The van der Waals surface area contributed by atoms with Gasteiger partial charge in [-0.2, -0.15) is 18.2 Å². The van der Waals surface area contributed by atoms with Crippen LogP contribution in [-0.2, 0) is 6.18 Å². The van der Waals surface area contributed by atoms with Crippen LogP contribution < -0.4 is 5.32 Å². The van der Waals surface area contributed by atoms with Gasteiger partial charge >= 0.3 is 12.1 Å². The van der Waals surface area contributed by atoms with Gasteiger partial charge in [-0.3, -0.25) is 4.79 Å². The summed E-state index contributed by atoms with van der Waals surface area (Å²) in [6, 6.07) is 11.3. The molecule has 0 aliphatic carbocycles. The lowest BCUT2D eigenvalue weighted by molar-refractivity contribution is -0.159. The first kappa shape index (κ1) is 24.8. The summed E-state index contributed by atoms with van der Waals surface area (Å²) in [4.78, 5) is 15.4. The molecule has 3 rings (SSSR count). The average Bonchev–Trinajstić information content (AvgIpc) is 3.27. The third-order valence-electron chi connectivity index (χ3n) is 3.43. The van der Waals surface area contributed by atoms with Gasteiger partial charge in [0.1, 0.15) is 5.82 Å². The van der Waals surface area contributed by atoms with Crippen LogP contribution in [0.5, 0.6) is 0 Å². The number of hydrogen-bond acceptors (Lipinski definition) is 5. The predicted octanol–water partition coefficient (Wildman–Crippen LogP) is 6.24. The van der Waals surface area contributed by atoms with Gasteiger partial charge in [-0.1, -0.05) is 57.1 Å². The van der Waals surface area contributed by atoms with Crippen LogP contribution in [0.3, 0.4) is 0 Å². The molecule has 9 heteroatoms. The number of alkyl halides is 3. The Balaban J connectivity index is 0.00000106. The van der Waals surface area contributed by atoms with Crippen LogP contribution >= 0.6 is 0 Å². The van der Waals surface area contributed by atoms with Crippen molar-refractivity contribution in [3.8, 4) is 11.4 Å². The highest BCUT2D eigenvalue weighted by Crippen LogP contribution is 2.29. The zero-order valence-corrected chi connectivity index (χ0v) is 17.0. The first-order valence-corrected chi connectivity index (χ1v) is 9.37. The molecule has 1 N–H and O–H groups in total. The lowest BCUT2D eigenvalue weighted by atomic mass is 10.1. The van der Waals surface area contributed by atoms with E-state index in [-0.39, 0.29) is 29.5 Å². The Labute approximate surface area is 172 Å². The Morgan fingerprint density at radius 3 is 2.03 bits per heavy atom. The summed E-state index contributed by atoms with van der Waals surface area (Å²) < 4.78 is 54.4. The van der Waals surface area contributed by atoms with E-state index in [2.05, 4.69) is 20.0 Å². The fraction of sp³-hybridized carbons (Fsp3) is 0.286. The molecule has 0 aliphatic heterocycles. The average molecular weight is 425 g/mol. The van der Waals surface area contributed by atoms with Crippen molar-refractivity contribution in [2.75, 3.05) is 11.9 Å². The van der Waals surface area contributed by atoms with Crippen molar-refractivity contribution in [1.29, 1.82) is 0 Å². The van der Waals surface area contributed by atoms with Crippen LogP contribution in [-0.4, -0.2) is 22.5 Å². The number of hydrogen-bond donors (Lipinski definition) is 1. The summed E-state index contributed by atoms with van der Waals surface area (Å²) in [6.07, 6.45) is -4.72. The Morgan fingerprint density at radius 1 is 0.967 bits per heavy atom. The molecule has 3 aromatic rings. The van der Waals surface area contributed by atoms with Crippen LogP contribution in [0.2, 0.25) is 0 Å². The molecule has 0 spiro atoms. The summed E-state index contributed by atoms with van der Waals surface area (Å²) in [5.41, 5.74) is 1.22. The molecular formula is C21H23F4N3O2. The number of carbonyl (C=O) groups excluding carboxylic acids is 1. The minimum Gasteiger partial charge on any atom is -0.378 e. The highest BCUT2D eigenvalue weighted by Gasteiger charge is 2.38. The van der Waals surface area contributed by atoms with Crippen molar-refractivity contribution in [3.05, 3.63) is 65.8 Å². The van der Waals surface area contributed by atoms with Gasteiger partial charge in [-0.05, 0) is 24.3 Å². The molecule has 0 bridgehead atoms. The summed E-state index contributed by atoms with van der Waals surface area (Å²) in [5.74, 6) is -2.28. The third kappa shape index (κ3) is 6.98. The molecular weight excluding hydrogens is 402 g/mol. The maximum atomic E-state index is 12.8. The van der Waals surface area contributed by atoms with E-state index < -0.39 is 12.1 Å². The second-order valence-corrected chi connectivity index (χ2v) is 5.28. The van der Waals surface area contributed by atoms with Crippen LogP contribution in [0.1, 0.15) is 43.9 Å². The highest BCUT2D eigenvalue weighted by molar-refractivity contribution is 5.99. The number of nitrogens with zero attached hydrogens (tertiary/aromatic N) is 2. The Morgan fingerprint density at radius 2 is 1.53 bits per heavy atom. The number of Topliss-reactive ketones (excluding diaryl/α,β-unsaturated/α-hetero) is 1. The largest absolute Gasteiger partial charge is 0.471 e. The van der Waals surface area contributed by atoms with Crippen LogP contribution in [0.15, 0.2) is 53.1 Å². The number of rotatable bonds is 5. The number of aromatic nitrogens is 2. The molecule has 0 unspecified atom stereocenters. The molecule has 0 fully saturated rings. The zero-order chi connectivity index (χ0) is 22.7. The molecule has 162 valence electrons. The normalized spacial score (nSPS) is 10.3. The van der Waals surface area contributed by atoms with Gasteiger partial charge in [0.15, 0.2) is 5.78 Å². The number of nitrogens with one attached hydrogen (secondary N) is 1. The fourth-order valence-corrected chi connectivity index (χ4v) is 2.11. The Hall–Kier alpha value is -3.23. The topological polar surface area (TPSA) is 68.0 Å². The number of carbonyl (C=O) groups is 1. The van der Waals surface area contributed by atoms with Gasteiger partial charge in [0.25, 0.3) is 0 Å². The first-order chi connectivity index (χ1) is 14.3. The Kier molecular flexibility index (Phi) is 9.67. The van der Waals surface area contributed by atoms with Gasteiger partial charge < -0.3 is 9.84 Å². The number of benzene rings is 2. The van der Waals surface area contributed by atoms with Crippen molar-refractivity contribution in [2.24, 2.45) is 0 Å². The van der Waals surface area contributed by atoms with E-state index in [1.807, 2.05) is 27.7 Å². The smallest absolute Gasteiger partial charge is 0.378 e. The number of anilines is 1. The molecule has 0 saturated carbocycles. The van der Waals surface area contributed by atoms with Gasteiger partial charge in [0.05, 0.1) is 6.54 Å². The fourth-order valence-electron chi connectivity index (χ4n) is 2.11. The molecule has 2 aromatic carbocycles. The van der Waals surface area contributed by atoms with Crippen LogP contribution in [0.4, 0.5) is 23.2 Å². The molecule has 1 heterocycles. The van der Waals surface area contributed by atoms with Crippen molar-refractivity contribution in [1.82, 2.24) is 10.1 Å². The summed E-state index contributed by atoms with van der Waals surface area (Å²) in [5, 5.41) is 6.13. The minimum atomic E-state index is -4.72. The minimum absolute atomic E-state index is 0.0224. The molecule has 5 nitrogen and oxygen atoms in total. The maximum Gasteiger partial charge on any atom is 0.471 e. The van der Waals surface area contributed by atoms with E-state index in [4.69, 9.17) is 0 Å². The molecule has 30 heavy (non-hydrogen) atoms. The molecule has 0 saturated heterocycles. The van der Waals surface area contributed by atoms with Crippen molar-refractivity contribution >= 4 is 11.5 Å². The van der Waals surface area contributed by atoms with E-state index in [0.717, 1.165) is 0 Å². The molecule has 0 atom stereocenters. The first-order valence-electron chi connectivity index (χ1n) is 9.37. The van der Waals surface area contributed by atoms with Crippen LogP contribution in [0.25, 0.3) is 11.4 Å². The van der Waals surface area contributed by atoms with E-state index in [1.165, 1.54) is 48.5 Å². The van der Waals surface area contributed by atoms with Gasteiger partial charge in [-0.15, -0.1) is 0 Å². The number of ketones is 1. The predicted molar refractivity (Wildman–Crippen MR) is 107 cm³/mol. The number of halogens is 4. The van der Waals surface area contributed by atoms with E-state index in [1.54, 1.807) is 0 Å². The van der Waals surface area contributed by atoms with Gasteiger partial charge in [0, 0.05) is 16.8 Å². The maximum absolute atomic E-state index is 12.8. The lowest BCUT2D eigenvalue weighted by Crippen LogP contribution is -2.13. The Bertz CT molecular complexity index is 905. The second-order valence-electron chi connectivity index (χ2n) is 5.28. The van der Waals surface area contributed by atoms with Crippen LogP contribution in [0, 0.1) is 5.82 Å². The van der Waals surface area contributed by atoms with E-state index >= 15 is 0 Å². The summed E-state index contributed by atoms with van der Waals surface area (Å²) in [7, 11) is 0. The molecule has 0 amide bonds. The second kappa shape index (κ2) is 11.7. The highest BCUT2D eigenvalue weighted by atomic mass is 19.4. The third-order valence-corrected chi connectivity index (χ3v) is 3.43. The molecule has 1 aromatic heterocycles. The molecule has 0 radical (unpaired) electrons. The molecule has 0 aliphatic rings. The van der Waals surface area contributed by atoms with Crippen molar-refractivity contribution < 1.29 is 26.9 Å². The van der Waals surface area contributed by atoms with Crippen molar-refractivity contribution in [2.45, 2.75) is 33.9 Å². The monoisotopic (exact) mass is 425 g/mol. The SMILES string of the molecule is CC.CC.O=C(CNc1ccc(F)cc1)c1ccc(-c2noc(C(F)(F)F)n2)cc1. The summed E-state index contributed by atoms with van der Waals surface area (Å²) >= 11 is 0. The standard InChI is InChI=1S/C17H11F4N3O2.2C2H6/c18-12-5-7-13(8-6-12)22-9-14(25)10-1-3-11(4-2-10)15-23-16(26-24-15)17(19,20)21;2*1-2/h1-8,22H,9H2;2*1-2H3. The summed E-state index contributed by atoms with van der Waals surface area (Å²) in [6.45, 7) is 7.98. The van der Waals surface area contributed by atoms with E-state index in [0.29, 0.717) is 11.3 Å². The van der Waals surface area contributed by atoms with Gasteiger partial charge in [0.2, 0.25) is 5.82 Å². The van der Waals surface area contributed by atoms with E-state index in [9.17, 15) is 22.4 Å². The van der Waals surface area contributed by atoms with Gasteiger partial charge in [-0.25, -0.2) is 4.39 Å². The lowest BCUT2D eigenvalue weighted by Gasteiger charge is -2.06.